The first-order valence-electron chi connectivity index (χ1n) is 7.80. The van der Waals surface area contributed by atoms with Crippen LogP contribution in [0.4, 0.5) is 0 Å². The number of carbonyl (C=O) groups is 1. The molecule has 3 N–H and O–H groups in total. The Balaban J connectivity index is 1.83. The maximum atomic E-state index is 12.1. The van der Waals surface area contributed by atoms with Crippen LogP contribution in [0.5, 0.6) is 0 Å². The third-order valence-electron chi connectivity index (χ3n) is 3.95. The quantitative estimate of drug-likeness (QED) is 0.735. The van der Waals surface area contributed by atoms with Crippen LogP contribution in [0, 0.1) is 5.92 Å². The zero-order chi connectivity index (χ0) is 16.7. The van der Waals surface area contributed by atoms with Crippen LogP contribution in [0.3, 0.4) is 0 Å². The molecule has 2 rings (SSSR count). The Morgan fingerprint density at radius 3 is 2.17 bits per heavy atom. The van der Waals surface area contributed by atoms with Crippen LogP contribution in [-0.4, -0.2) is 22.2 Å². The van der Waals surface area contributed by atoms with E-state index >= 15 is 0 Å². The van der Waals surface area contributed by atoms with Gasteiger partial charge in [-0.05, 0) is 11.1 Å². The van der Waals surface area contributed by atoms with Gasteiger partial charge in [-0.1, -0.05) is 67.6 Å². The zero-order valence-corrected chi connectivity index (χ0v) is 13.2. The molecule has 0 aromatic heterocycles. The van der Waals surface area contributed by atoms with Crippen LogP contribution >= 0.6 is 0 Å². The number of hydrogen-bond acceptors (Lipinski definition) is 3. The number of aliphatic hydroxyl groups is 2. The molecule has 2 aromatic carbocycles. The molecule has 0 aliphatic carbocycles. The van der Waals surface area contributed by atoms with E-state index in [1.54, 1.807) is 19.1 Å². The van der Waals surface area contributed by atoms with Crippen molar-refractivity contribution >= 4 is 5.91 Å². The Bertz CT molecular complexity index is 601. The van der Waals surface area contributed by atoms with Crippen LogP contribution < -0.4 is 5.32 Å². The van der Waals surface area contributed by atoms with Crippen molar-refractivity contribution < 1.29 is 15.0 Å². The van der Waals surface area contributed by atoms with Crippen molar-refractivity contribution in [2.75, 3.05) is 0 Å². The maximum absolute atomic E-state index is 12.1. The van der Waals surface area contributed by atoms with Gasteiger partial charge in [0.25, 0.3) is 0 Å². The summed E-state index contributed by atoms with van der Waals surface area (Å²) in [5.41, 5.74) is 1.75. The lowest BCUT2D eigenvalue weighted by atomic mass is 9.95. The van der Waals surface area contributed by atoms with Crippen LogP contribution in [0.2, 0.25) is 0 Å². The van der Waals surface area contributed by atoms with Crippen molar-refractivity contribution in [2.45, 2.75) is 32.1 Å². The lowest BCUT2D eigenvalue weighted by Gasteiger charge is -2.21. The predicted molar refractivity (Wildman–Crippen MR) is 89.5 cm³/mol. The van der Waals surface area contributed by atoms with E-state index in [2.05, 4.69) is 5.32 Å². The second-order valence-electron chi connectivity index (χ2n) is 5.72. The number of hydrogen-bond donors (Lipinski definition) is 3. The minimum Gasteiger partial charge on any atom is -0.392 e. The molecule has 0 saturated heterocycles. The minimum absolute atomic E-state index is 0.129. The third kappa shape index (κ3) is 5.20. The highest BCUT2D eigenvalue weighted by molar-refractivity contribution is 5.78. The van der Waals surface area contributed by atoms with Crippen LogP contribution in [0.15, 0.2) is 60.7 Å². The van der Waals surface area contributed by atoms with Gasteiger partial charge in [-0.15, -0.1) is 0 Å². The lowest BCUT2D eigenvalue weighted by Crippen LogP contribution is -2.36. The number of benzene rings is 2. The normalized spacial score (nSPS) is 14.7. The van der Waals surface area contributed by atoms with E-state index in [9.17, 15) is 15.0 Å². The standard InChI is InChI=1S/C19H23NO3/c1-14(19(23)20-13-15-8-4-2-5-9-15)17(21)12-18(22)16-10-6-3-7-11-16/h2-11,14,17-18,21-22H,12-13H2,1H3,(H,20,23)/t14-,17-,18+/m1/s1. The molecule has 4 heteroatoms. The Labute approximate surface area is 136 Å². The molecule has 2 aromatic rings. The van der Waals surface area contributed by atoms with E-state index in [4.69, 9.17) is 0 Å². The summed E-state index contributed by atoms with van der Waals surface area (Å²) in [4.78, 5) is 12.1. The fourth-order valence-corrected chi connectivity index (χ4v) is 2.36. The van der Waals surface area contributed by atoms with Crippen LogP contribution in [0.1, 0.15) is 30.6 Å². The van der Waals surface area contributed by atoms with E-state index in [1.807, 2.05) is 48.5 Å². The number of aliphatic hydroxyl groups excluding tert-OH is 2. The van der Waals surface area contributed by atoms with Crippen molar-refractivity contribution in [3.05, 3.63) is 71.8 Å². The SMILES string of the molecule is C[C@@H](C(=O)NCc1ccccc1)[C@H](O)C[C@H](O)c1ccccc1. The Morgan fingerprint density at radius 2 is 1.57 bits per heavy atom. The van der Waals surface area contributed by atoms with Crippen LogP contribution in [-0.2, 0) is 11.3 Å². The molecule has 0 unspecified atom stereocenters. The summed E-state index contributed by atoms with van der Waals surface area (Å²) in [6.07, 6.45) is -1.55. The molecule has 0 heterocycles. The van der Waals surface area contributed by atoms with E-state index in [1.165, 1.54) is 0 Å². The highest BCUT2D eigenvalue weighted by atomic mass is 16.3. The average Bonchev–Trinajstić information content (AvgIpc) is 2.60. The molecule has 0 bridgehead atoms. The van der Waals surface area contributed by atoms with Crippen molar-refractivity contribution in [1.82, 2.24) is 5.32 Å². The van der Waals surface area contributed by atoms with Gasteiger partial charge in [0.05, 0.1) is 18.1 Å². The zero-order valence-electron chi connectivity index (χ0n) is 13.2. The highest BCUT2D eigenvalue weighted by Gasteiger charge is 2.24. The highest BCUT2D eigenvalue weighted by Crippen LogP contribution is 2.21. The summed E-state index contributed by atoms with van der Waals surface area (Å²) in [5.74, 6) is -0.807. The summed E-state index contributed by atoms with van der Waals surface area (Å²) in [7, 11) is 0. The molecule has 1 amide bonds. The fourth-order valence-electron chi connectivity index (χ4n) is 2.36. The molecule has 3 atom stereocenters. The summed E-state index contributed by atoms with van der Waals surface area (Å²) in [5, 5.41) is 23.1. The summed E-state index contributed by atoms with van der Waals surface area (Å²) in [6.45, 7) is 2.10. The largest absolute Gasteiger partial charge is 0.392 e. The van der Waals surface area contributed by atoms with Gasteiger partial charge in [-0.25, -0.2) is 0 Å². The van der Waals surface area contributed by atoms with Crippen molar-refractivity contribution in [3.8, 4) is 0 Å². The van der Waals surface area contributed by atoms with Gasteiger partial charge in [-0.2, -0.15) is 0 Å². The molecule has 0 saturated carbocycles. The molecular weight excluding hydrogens is 290 g/mol. The van der Waals surface area contributed by atoms with Gasteiger partial charge < -0.3 is 15.5 Å². The second kappa shape index (κ2) is 8.46. The minimum atomic E-state index is -0.902. The predicted octanol–water partition coefficient (Wildman–Crippen LogP) is 2.42. The van der Waals surface area contributed by atoms with E-state index < -0.39 is 18.1 Å². The molecule has 0 aliphatic rings. The first kappa shape index (κ1) is 17.2. The monoisotopic (exact) mass is 313 g/mol. The summed E-state index contributed by atoms with van der Waals surface area (Å²) >= 11 is 0. The van der Waals surface area contributed by atoms with Gasteiger partial charge in [0, 0.05) is 13.0 Å². The summed E-state index contributed by atoms with van der Waals surface area (Å²) in [6, 6.07) is 18.7. The van der Waals surface area contributed by atoms with Gasteiger partial charge in [-0.3, -0.25) is 4.79 Å². The third-order valence-corrected chi connectivity index (χ3v) is 3.95. The average molecular weight is 313 g/mol. The molecule has 122 valence electrons. The van der Waals surface area contributed by atoms with Crippen molar-refractivity contribution in [3.63, 3.8) is 0 Å². The van der Waals surface area contributed by atoms with Gasteiger partial charge in [0.2, 0.25) is 5.91 Å². The second-order valence-corrected chi connectivity index (χ2v) is 5.72. The fraction of sp³-hybridized carbons (Fsp3) is 0.316. The Hall–Kier alpha value is -2.17. The van der Waals surface area contributed by atoms with Gasteiger partial charge in [0.1, 0.15) is 0 Å². The Morgan fingerprint density at radius 1 is 1.00 bits per heavy atom. The number of rotatable bonds is 7. The van der Waals surface area contributed by atoms with Crippen molar-refractivity contribution in [2.24, 2.45) is 5.92 Å². The number of amides is 1. The topological polar surface area (TPSA) is 69.6 Å². The molecule has 23 heavy (non-hydrogen) atoms. The van der Waals surface area contributed by atoms with Gasteiger partial charge in [0.15, 0.2) is 0 Å². The van der Waals surface area contributed by atoms with Gasteiger partial charge >= 0.3 is 0 Å². The molecule has 0 fully saturated rings. The molecule has 4 nitrogen and oxygen atoms in total. The molecule has 0 spiro atoms. The molecule has 0 radical (unpaired) electrons. The number of nitrogens with one attached hydrogen (secondary N) is 1. The lowest BCUT2D eigenvalue weighted by molar-refractivity contribution is -0.128. The van der Waals surface area contributed by atoms with Crippen molar-refractivity contribution in [1.29, 1.82) is 0 Å². The smallest absolute Gasteiger partial charge is 0.225 e. The molecule has 0 aliphatic heterocycles. The maximum Gasteiger partial charge on any atom is 0.225 e. The molecular formula is C19H23NO3. The van der Waals surface area contributed by atoms with E-state index in [0.29, 0.717) is 6.54 Å². The Kier molecular flexibility index (Phi) is 6.32. The van der Waals surface area contributed by atoms with E-state index in [-0.39, 0.29) is 12.3 Å². The van der Waals surface area contributed by atoms with E-state index in [0.717, 1.165) is 11.1 Å². The summed E-state index contributed by atoms with van der Waals surface area (Å²) < 4.78 is 0. The first-order chi connectivity index (χ1) is 11.1. The number of carbonyl (C=O) groups excluding carboxylic acids is 1. The van der Waals surface area contributed by atoms with Crippen LogP contribution in [0.25, 0.3) is 0 Å². The first-order valence-corrected chi connectivity index (χ1v) is 7.80.